The second-order valence-electron chi connectivity index (χ2n) is 8.87. The molecule has 0 radical (unpaired) electrons. The van der Waals surface area contributed by atoms with Gasteiger partial charge in [-0.3, -0.25) is 4.79 Å². The average molecular weight is 341 g/mol. The van der Waals surface area contributed by atoms with Gasteiger partial charge in [0.25, 0.3) is 0 Å². The van der Waals surface area contributed by atoms with Crippen LogP contribution in [0.15, 0.2) is 24.3 Å². The van der Waals surface area contributed by atoms with Gasteiger partial charge in [-0.25, -0.2) is 0 Å². The van der Waals surface area contributed by atoms with Gasteiger partial charge in [-0.2, -0.15) is 0 Å². The standard InChI is InChI=1S/C20H28BNO3/c1-18(2)19(3,4)25-21(24-18)15-7-9-16(10-8-15)22-14-13-20(17(22)23)11-5-6-12-20/h7-10H,5-6,11-14H2,1-4H3. The average Bonchev–Trinajstić information content (AvgIpc) is 3.21. The van der Waals surface area contributed by atoms with Crippen molar-refractivity contribution in [3.05, 3.63) is 24.3 Å². The summed E-state index contributed by atoms with van der Waals surface area (Å²) in [6.45, 7) is 9.09. The molecule has 25 heavy (non-hydrogen) atoms. The van der Waals surface area contributed by atoms with Crippen molar-refractivity contribution in [2.45, 2.75) is 71.0 Å². The van der Waals surface area contributed by atoms with Gasteiger partial charge in [0.1, 0.15) is 0 Å². The summed E-state index contributed by atoms with van der Waals surface area (Å²) in [5.41, 5.74) is 1.26. The highest BCUT2D eigenvalue weighted by Crippen LogP contribution is 2.47. The van der Waals surface area contributed by atoms with Gasteiger partial charge in [-0.15, -0.1) is 0 Å². The van der Waals surface area contributed by atoms with Gasteiger partial charge in [0, 0.05) is 12.2 Å². The largest absolute Gasteiger partial charge is 0.494 e. The normalized spacial score (nSPS) is 26.8. The molecule has 1 saturated carbocycles. The molecule has 4 rings (SSSR count). The van der Waals surface area contributed by atoms with Gasteiger partial charge in [0.05, 0.1) is 16.6 Å². The quantitative estimate of drug-likeness (QED) is 0.775. The van der Waals surface area contributed by atoms with Gasteiger partial charge in [0.15, 0.2) is 0 Å². The minimum Gasteiger partial charge on any atom is -0.399 e. The molecule has 1 spiro atoms. The number of nitrogens with zero attached hydrogens (tertiary/aromatic N) is 1. The Balaban J connectivity index is 1.51. The molecule has 0 atom stereocenters. The fourth-order valence-electron chi connectivity index (χ4n) is 4.37. The third-order valence-corrected chi connectivity index (χ3v) is 6.80. The van der Waals surface area contributed by atoms with Crippen molar-refractivity contribution in [2.24, 2.45) is 5.41 Å². The molecule has 1 amide bonds. The number of hydrogen-bond donors (Lipinski definition) is 0. The molecule has 0 bridgehead atoms. The van der Waals surface area contributed by atoms with Crippen LogP contribution in [-0.2, 0) is 14.1 Å². The van der Waals surface area contributed by atoms with Crippen LogP contribution in [0.25, 0.3) is 0 Å². The van der Waals surface area contributed by atoms with Crippen molar-refractivity contribution in [1.29, 1.82) is 0 Å². The van der Waals surface area contributed by atoms with E-state index in [0.29, 0.717) is 5.91 Å². The van der Waals surface area contributed by atoms with Crippen LogP contribution in [0.5, 0.6) is 0 Å². The monoisotopic (exact) mass is 341 g/mol. The summed E-state index contributed by atoms with van der Waals surface area (Å²) in [5.74, 6) is 0.327. The molecule has 134 valence electrons. The molecule has 2 saturated heterocycles. The van der Waals surface area contributed by atoms with E-state index in [4.69, 9.17) is 9.31 Å². The first-order valence-corrected chi connectivity index (χ1v) is 9.52. The maximum atomic E-state index is 12.9. The molecule has 0 unspecified atom stereocenters. The fourth-order valence-corrected chi connectivity index (χ4v) is 4.37. The summed E-state index contributed by atoms with van der Waals surface area (Å²) in [6.07, 6.45) is 5.52. The summed E-state index contributed by atoms with van der Waals surface area (Å²) in [7, 11) is -0.352. The molecule has 2 aliphatic heterocycles. The fraction of sp³-hybridized carbons (Fsp3) is 0.650. The van der Waals surface area contributed by atoms with Crippen molar-refractivity contribution >= 4 is 24.2 Å². The zero-order valence-corrected chi connectivity index (χ0v) is 15.8. The van der Waals surface area contributed by atoms with Gasteiger partial charge in [-0.05, 0) is 64.6 Å². The summed E-state index contributed by atoms with van der Waals surface area (Å²) in [5, 5.41) is 0. The Morgan fingerprint density at radius 3 is 2.04 bits per heavy atom. The summed E-state index contributed by atoms with van der Waals surface area (Å²) in [4.78, 5) is 14.9. The highest BCUT2D eigenvalue weighted by molar-refractivity contribution is 6.62. The second kappa shape index (κ2) is 5.58. The number of benzene rings is 1. The van der Waals surface area contributed by atoms with Crippen LogP contribution in [-0.4, -0.2) is 30.8 Å². The minimum absolute atomic E-state index is 0.0651. The van der Waals surface area contributed by atoms with Crippen molar-refractivity contribution in [2.75, 3.05) is 11.4 Å². The van der Waals surface area contributed by atoms with E-state index < -0.39 is 0 Å². The second-order valence-corrected chi connectivity index (χ2v) is 8.87. The molecule has 2 heterocycles. The molecular formula is C20H28BNO3. The van der Waals surface area contributed by atoms with E-state index in [0.717, 1.165) is 37.0 Å². The molecule has 0 aromatic heterocycles. The lowest BCUT2D eigenvalue weighted by Crippen LogP contribution is -2.41. The molecule has 1 aromatic carbocycles. The number of anilines is 1. The van der Waals surface area contributed by atoms with Crippen molar-refractivity contribution in [3.8, 4) is 0 Å². The predicted molar refractivity (Wildman–Crippen MR) is 100 cm³/mol. The van der Waals surface area contributed by atoms with Crippen molar-refractivity contribution in [1.82, 2.24) is 0 Å². The topological polar surface area (TPSA) is 38.8 Å². The first-order chi connectivity index (χ1) is 11.7. The summed E-state index contributed by atoms with van der Waals surface area (Å²) >= 11 is 0. The number of hydrogen-bond acceptors (Lipinski definition) is 3. The molecule has 3 aliphatic rings. The zero-order valence-electron chi connectivity index (χ0n) is 15.8. The van der Waals surface area contributed by atoms with E-state index in [9.17, 15) is 4.79 Å². The highest BCUT2D eigenvalue weighted by Gasteiger charge is 2.52. The lowest BCUT2D eigenvalue weighted by molar-refractivity contribution is -0.125. The van der Waals surface area contributed by atoms with E-state index in [1.54, 1.807) is 0 Å². The van der Waals surface area contributed by atoms with Crippen LogP contribution in [0, 0.1) is 5.41 Å². The van der Waals surface area contributed by atoms with Crippen LogP contribution in [0.2, 0.25) is 0 Å². The lowest BCUT2D eigenvalue weighted by atomic mass is 9.79. The minimum atomic E-state index is -0.352. The van der Waals surface area contributed by atoms with E-state index in [1.807, 2.05) is 29.2 Å². The van der Waals surface area contributed by atoms with Gasteiger partial charge in [0.2, 0.25) is 5.91 Å². The maximum absolute atomic E-state index is 12.9. The Morgan fingerprint density at radius 1 is 0.920 bits per heavy atom. The van der Waals surface area contributed by atoms with Crippen molar-refractivity contribution in [3.63, 3.8) is 0 Å². The number of carbonyl (C=O) groups is 1. The Kier molecular flexibility index (Phi) is 3.82. The van der Waals surface area contributed by atoms with Crippen LogP contribution in [0.3, 0.4) is 0 Å². The Hall–Kier alpha value is -1.33. The number of carbonyl (C=O) groups excluding carboxylic acids is 1. The first kappa shape index (κ1) is 17.1. The highest BCUT2D eigenvalue weighted by atomic mass is 16.7. The SMILES string of the molecule is CC1(C)OB(c2ccc(N3CCC4(CCCC4)C3=O)cc2)OC1(C)C. The number of rotatable bonds is 2. The molecule has 4 nitrogen and oxygen atoms in total. The predicted octanol–water partition coefficient (Wildman–Crippen LogP) is 3.28. The number of amides is 1. The molecule has 3 fully saturated rings. The van der Waals surface area contributed by atoms with E-state index in [1.165, 1.54) is 12.8 Å². The van der Waals surface area contributed by atoms with Gasteiger partial charge in [-0.1, -0.05) is 25.0 Å². The third-order valence-electron chi connectivity index (χ3n) is 6.80. The summed E-state index contributed by atoms with van der Waals surface area (Å²) < 4.78 is 12.2. The smallest absolute Gasteiger partial charge is 0.399 e. The maximum Gasteiger partial charge on any atom is 0.494 e. The van der Waals surface area contributed by atoms with Gasteiger partial charge < -0.3 is 14.2 Å². The van der Waals surface area contributed by atoms with Crippen LogP contribution in [0.1, 0.15) is 59.8 Å². The van der Waals surface area contributed by atoms with Crippen LogP contribution in [0.4, 0.5) is 5.69 Å². The Morgan fingerprint density at radius 2 is 1.48 bits per heavy atom. The molecule has 1 aromatic rings. The zero-order chi connectivity index (χ0) is 17.9. The molecule has 5 heteroatoms. The molecular weight excluding hydrogens is 313 g/mol. The van der Waals surface area contributed by atoms with Crippen molar-refractivity contribution < 1.29 is 14.1 Å². The van der Waals surface area contributed by atoms with Crippen LogP contribution < -0.4 is 10.4 Å². The van der Waals surface area contributed by atoms with Crippen LogP contribution >= 0.6 is 0 Å². The Bertz CT molecular complexity index is 661. The van der Waals surface area contributed by atoms with E-state index in [2.05, 4.69) is 27.7 Å². The first-order valence-electron chi connectivity index (χ1n) is 9.52. The van der Waals surface area contributed by atoms with E-state index in [-0.39, 0.29) is 23.7 Å². The van der Waals surface area contributed by atoms with E-state index >= 15 is 0 Å². The van der Waals surface area contributed by atoms with Gasteiger partial charge >= 0.3 is 7.12 Å². The Labute approximate surface area is 151 Å². The molecule has 1 aliphatic carbocycles. The summed E-state index contributed by atoms with van der Waals surface area (Å²) in [6, 6.07) is 8.13. The third kappa shape index (κ3) is 2.63. The lowest BCUT2D eigenvalue weighted by Gasteiger charge is -2.32. The molecule has 0 N–H and O–H groups in total.